The van der Waals surface area contributed by atoms with Crippen LogP contribution in [0.1, 0.15) is 25.3 Å². The summed E-state index contributed by atoms with van der Waals surface area (Å²) in [5.41, 5.74) is 7.57. The molecule has 0 aromatic heterocycles. The van der Waals surface area contributed by atoms with E-state index in [9.17, 15) is 4.79 Å². The molecular formula is C15H22N2O. The Labute approximate surface area is 109 Å². The molecule has 0 radical (unpaired) electrons. The number of nitrogens with two attached hydrogens (primary N) is 1. The lowest BCUT2D eigenvalue weighted by Crippen LogP contribution is -2.32. The highest BCUT2D eigenvalue weighted by atomic mass is 16.2. The molecule has 18 heavy (non-hydrogen) atoms. The van der Waals surface area contributed by atoms with E-state index in [1.807, 2.05) is 29.2 Å². The first-order valence-corrected chi connectivity index (χ1v) is 6.40. The minimum Gasteiger partial charge on any atom is -0.399 e. The zero-order valence-corrected chi connectivity index (χ0v) is 11.1. The Morgan fingerprint density at radius 3 is 2.89 bits per heavy atom. The van der Waals surface area contributed by atoms with Gasteiger partial charge in [-0.3, -0.25) is 4.79 Å². The molecule has 0 saturated heterocycles. The highest BCUT2D eigenvalue weighted by molar-refractivity contribution is 5.76. The molecule has 1 rings (SSSR count). The third-order valence-corrected chi connectivity index (χ3v) is 2.77. The second-order valence-electron chi connectivity index (χ2n) is 4.37. The maximum Gasteiger partial charge on any atom is 0.223 e. The van der Waals surface area contributed by atoms with Crippen molar-refractivity contribution in [2.75, 3.05) is 18.8 Å². The van der Waals surface area contributed by atoms with Crippen LogP contribution in [0.2, 0.25) is 0 Å². The number of aryl methyl sites for hydroxylation is 1. The summed E-state index contributed by atoms with van der Waals surface area (Å²) in [5.74, 6) is 0.180. The molecule has 0 aliphatic heterocycles. The van der Waals surface area contributed by atoms with Crippen molar-refractivity contribution in [2.24, 2.45) is 0 Å². The standard InChI is InChI=1S/C15H22N2O/c1-3-10-17(11-4-2)15(18)9-8-13-6-5-7-14(16)12-13/h3,5-7,12H,1,4,8-11,16H2,2H3. The van der Waals surface area contributed by atoms with Gasteiger partial charge in [-0.25, -0.2) is 0 Å². The topological polar surface area (TPSA) is 46.3 Å². The molecule has 2 N–H and O–H groups in total. The predicted molar refractivity (Wildman–Crippen MR) is 76.2 cm³/mol. The van der Waals surface area contributed by atoms with Crippen LogP contribution in [0.3, 0.4) is 0 Å². The van der Waals surface area contributed by atoms with Crippen molar-refractivity contribution >= 4 is 11.6 Å². The van der Waals surface area contributed by atoms with E-state index in [2.05, 4.69) is 13.5 Å². The quantitative estimate of drug-likeness (QED) is 0.594. The van der Waals surface area contributed by atoms with Gasteiger partial charge in [0.25, 0.3) is 0 Å². The van der Waals surface area contributed by atoms with E-state index < -0.39 is 0 Å². The lowest BCUT2D eigenvalue weighted by atomic mass is 10.1. The van der Waals surface area contributed by atoms with E-state index in [1.54, 1.807) is 6.08 Å². The van der Waals surface area contributed by atoms with E-state index in [1.165, 1.54) is 0 Å². The highest BCUT2D eigenvalue weighted by Gasteiger charge is 2.10. The summed E-state index contributed by atoms with van der Waals surface area (Å²) in [6.07, 6.45) is 4.00. The van der Waals surface area contributed by atoms with Gasteiger partial charge in [0.1, 0.15) is 0 Å². The molecule has 98 valence electrons. The maximum absolute atomic E-state index is 12.0. The normalized spacial score (nSPS) is 10.1. The summed E-state index contributed by atoms with van der Waals surface area (Å²) in [5, 5.41) is 0. The average molecular weight is 246 g/mol. The molecule has 0 unspecified atom stereocenters. The van der Waals surface area contributed by atoms with Crippen LogP contribution in [0.4, 0.5) is 5.69 Å². The lowest BCUT2D eigenvalue weighted by Gasteiger charge is -2.20. The van der Waals surface area contributed by atoms with E-state index in [4.69, 9.17) is 5.73 Å². The van der Waals surface area contributed by atoms with Crippen molar-refractivity contribution in [1.82, 2.24) is 4.90 Å². The molecule has 3 heteroatoms. The number of amides is 1. The van der Waals surface area contributed by atoms with E-state index >= 15 is 0 Å². The van der Waals surface area contributed by atoms with Crippen LogP contribution in [-0.4, -0.2) is 23.9 Å². The number of hydrogen-bond acceptors (Lipinski definition) is 2. The van der Waals surface area contributed by atoms with Gasteiger partial charge in [0, 0.05) is 25.2 Å². The summed E-state index contributed by atoms with van der Waals surface area (Å²) in [6.45, 7) is 7.18. The maximum atomic E-state index is 12.0. The molecule has 3 nitrogen and oxygen atoms in total. The summed E-state index contributed by atoms with van der Waals surface area (Å²) in [7, 11) is 0. The first kappa shape index (κ1) is 14.3. The summed E-state index contributed by atoms with van der Waals surface area (Å²) in [6, 6.07) is 7.70. The molecule has 1 amide bonds. The van der Waals surface area contributed by atoms with E-state index in [0.717, 1.165) is 30.6 Å². The van der Waals surface area contributed by atoms with Crippen LogP contribution in [0.5, 0.6) is 0 Å². The van der Waals surface area contributed by atoms with Crippen molar-refractivity contribution in [3.05, 3.63) is 42.5 Å². The van der Waals surface area contributed by atoms with Gasteiger partial charge >= 0.3 is 0 Å². The number of carbonyl (C=O) groups is 1. The lowest BCUT2D eigenvalue weighted by molar-refractivity contribution is -0.130. The first-order valence-electron chi connectivity index (χ1n) is 6.40. The number of carbonyl (C=O) groups excluding carboxylic acids is 1. The van der Waals surface area contributed by atoms with Gasteiger partial charge < -0.3 is 10.6 Å². The van der Waals surface area contributed by atoms with Crippen LogP contribution in [0.25, 0.3) is 0 Å². The van der Waals surface area contributed by atoms with Crippen LogP contribution >= 0.6 is 0 Å². The van der Waals surface area contributed by atoms with Crippen LogP contribution in [-0.2, 0) is 11.2 Å². The van der Waals surface area contributed by atoms with Crippen LogP contribution in [0, 0.1) is 0 Å². The fourth-order valence-corrected chi connectivity index (χ4v) is 1.90. The van der Waals surface area contributed by atoms with Gasteiger partial charge in [-0.1, -0.05) is 25.1 Å². The largest absolute Gasteiger partial charge is 0.399 e. The predicted octanol–water partition coefficient (Wildman–Crippen LogP) is 2.63. The Hall–Kier alpha value is -1.77. The molecule has 0 atom stereocenters. The van der Waals surface area contributed by atoms with Gasteiger partial charge in [0.05, 0.1) is 0 Å². The minimum absolute atomic E-state index is 0.180. The van der Waals surface area contributed by atoms with Gasteiger partial charge in [-0.2, -0.15) is 0 Å². The second kappa shape index (κ2) is 7.54. The first-order chi connectivity index (χ1) is 8.67. The number of nitrogen functional groups attached to an aromatic ring is 1. The van der Waals surface area contributed by atoms with Gasteiger partial charge in [-0.15, -0.1) is 6.58 Å². The molecular weight excluding hydrogens is 224 g/mol. The summed E-state index contributed by atoms with van der Waals surface area (Å²) in [4.78, 5) is 13.9. The van der Waals surface area contributed by atoms with Crippen LogP contribution < -0.4 is 5.73 Å². The molecule has 0 saturated carbocycles. The fraction of sp³-hybridized carbons (Fsp3) is 0.400. The van der Waals surface area contributed by atoms with Crippen LogP contribution in [0.15, 0.2) is 36.9 Å². The van der Waals surface area contributed by atoms with Gasteiger partial charge in [0.2, 0.25) is 5.91 Å². The molecule has 1 aromatic rings. The number of anilines is 1. The Kier molecular flexibility index (Phi) is 5.98. The third kappa shape index (κ3) is 4.62. The zero-order chi connectivity index (χ0) is 13.4. The molecule has 0 spiro atoms. The molecule has 0 heterocycles. The zero-order valence-electron chi connectivity index (χ0n) is 11.1. The fourth-order valence-electron chi connectivity index (χ4n) is 1.90. The molecule has 0 fully saturated rings. The average Bonchev–Trinajstić information content (AvgIpc) is 2.36. The van der Waals surface area contributed by atoms with Gasteiger partial charge in [-0.05, 0) is 30.5 Å². The molecule has 0 bridgehead atoms. The van der Waals surface area contributed by atoms with Crippen molar-refractivity contribution < 1.29 is 4.79 Å². The van der Waals surface area contributed by atoms with E-state index in [0.29, 0.717) is 13.0 Å². The van der Waals surface area contributed by atoms with Gasteiger partial charge in [0.15, 0.2) is 0 Å². The highest BCUT2D eigenvalue weighted by Crippen LogP contribution is 2.10. The summed E-state index contributed by atoms with van der Waals surface area (Å²) >= 11 is 0. The Balaban J connectivity index is 2.50. The monoisotopic (exact) mass is 246 g/mol. The van der Waals surface area contributed by atoms with Crippen molar-refractivity contribution in [1.29, 1.82) is 0 Å². The Bertz CT molecular complexity index is 401. The Morgan fingerprint density at radius 2 is 2.28 bits per heavy atom. The minimum atomic E-state index is 0.180. The third-order valence-electron chi connectivity index (χ3n) is 2.77. The van der Waals surface area contributed by atoms with Crippen molar-refractivity contribution in [3.63, 3.8) is 0 Å². The van der Waals surface area contributed by atoms with E-state index in [-0.39, 0.29) is 5.91 Å². The number of hydrogen-bond donors (Lipinski definition) is 1. The molecule has 0 aliphatic carbocycles. The molecule has 1 aromatic carbocycles. The number of nitrogens with zero attached hydrogens (tertiary/aromatic N) is 1. The number of rotatable bonds is 7. The second-order valence-corrected chi connectivity index (χ2v) is 4.37. The SMILES string of the molecule is C=CCN(CCC)C(=O)CCc1cccc(N)c1. The molecule has 0 aliphatic rings. The Morgan fingerprint density at radius 1 is 1.50 bits per heavy atom. The van der Waals surface area contributed by atoms with Crippen molar-refractivity contribution in [2.45, 2.75) is 26.2 Å². The smallest absolute Gasteiger partial charge is 0.223 e. The van der Waals surface area contributed by atoms with Crippen molar-refractivity contribution in [3.8, 4) is 0 Å². The number of benzene rings is 1. The summed E-state index contributed by atoms with van der Waals surface area (Å²) < 4.78 is 0.